The van der Waals surface area contributed by atoms with Gasteiger partial charge in [-0.25, -0.2) is 0 Å². The SMILES string of the molecule is CC1Cc2ccccc2N1CC(C)(N)C#N. The van der Waals surface area contributed by atoms with Crippen LogP contribution in [0.5, 0.6) is 0 Å². The lowest BCUT2D eigenvalue weighted by Crippen LogP contribution is -2.48. The molecule has 2 atom stereocenters. The third-order valence-corrected chi connectivity index (χ3v) is 3.10. The summed E-state index contributed by atoms with van der Waals surface area (Å²) in [5, 5.41) is 8.99. The second-order valence-electron chi connectivity index (χ2n) is 4.84. The third-order valence-electron chi connectivity index (χ3n) is 3.10. The molecule has 2 unspecified atom stereocenters. The van der Waals surface area contributed by atoms with Crippen LogP contribution >= 0.6 is 0 Å². The zero-order valence-electron chi connectivity index (χ0n) is 9.77. The van der Waals surface area contributed by atoms with E-state index in [1.807, 2.05) is 6.07 Å². The van der Waals surface area contributed by atoms with E-state index in [4.69, 9.17) is 11.0 Å². The molecule has 2 rings (SSSR count). The number of nitrogens with zero attached hydrogens (tertiary/aromatic N) is 2. The quantitative estimate of drug-likeness (QED) is 0.816. The molecule has 0 spiro atoms. The van der Waals surface area contributed by atoms with Crippen LogP contribution in [0, 0.1) is 11.3 Å². The van der Waals surface area contributed by atoms with Crippen molar-refractivity contribution in [2.45, 2.75) is 31.8 Å². The molecular formula is C13H17N3. The molecule has 3 nitrogen and oxygen atoms in total. The second kappa shape index (κ2) is 3.80. The maximum absolute atomic E-state index is 8.99. The summed E-state index contributed by atoms with van der Waals surface area (Å²) in [7, 11) is 0. The van der Waals surface area contributed by atoms with Gasteiger partial charge in [0.25, 0.3) is 0 Å². The minimum absolute atomic E-state index is 0.425. The Bertz CT molecular complexity index is 431. The van der Waals surface area contributed by atoms with Crippen LogP contribution in [0.15, 0.2) is 24.3 Å². The van der Waals surface area contributed by atoms with E-state index in [0.29, 0.717) is 12.6 Å². The van der Waals surface area contributed by atoms with Crippen molar-refractivity contribution in [3.8, 4) is 6.07 Å². The number of hydrogen-bond acceptors (Lipinski definition) is 3. The average molecular weight is 215 g/mol. The lowest BCUT2D eigenvalue weighted by atomic mass is 10.1. The molecule has 2 N–H and O–H groups in total. The van der Waals surface area contributed by atoms with E-state index in [1.54, 1.807) is 6.92 Å². The number of benzene rings is 1. The van der Waals surface area contributed by atoms with Gasteiger partial charge in [0.1, 0.15) is 5.54 Å². The molecular weight excluding hydrogens is 198 g/mol. The molecule has 16 heavy (non-hydrogen) atoms. The summed E-state index contributed by atoms with van der Waals surface area (Å²) in [6.45, 7) is 4.54. The largest absolute Gasteiger partial charge is 0.365 e. The van der Waals surface area contributed by atoms with Crippen molar-refractivity contribution in [1.82, 2.24) is 0 Å². The van der Waals surface area contributed by atoms with Gasteiger partial charge < -0.3 is 10.6 Å². The van der Waals surface area contributed by atoms with Crippen LogP contribution in [0.25, 0.3) is 0 Å². The van der Waals surface area contributed by atoms with Gasteiger partial charge in [-0.3, -0.25) is 0 Å². The molecule has 1 aromatic carbocycles. The highest BCUT2D eigenvalue weighted by atomic mass is 15.2. The predicted octanol–water partition coefficient (Wildman–Crippen LogP) is 1.68. The van der Waals surface area contributed by atoms with Gasteiger partial charge in [-0.2, -0.15) is 5.26 Å². The standard InChI is InChI=1S/C13H17N3/c1-10-7-11-5-3-4-6-12(11)16(10)9-13(2,15)8-14/h3-6,10H,7,9,15H2,1-2H3. The third kappa shape index (κ3) is 1.89. The van der Waals surface area contributed by atoms with Crippen LogP contribution in [0.4, 0.5) is 5.69 Å². The molecule has 84 valence electrons. The van der Waals surface area contributed by atoms with Crippen LogP contribution in [-0.4, -0.2) is 18.1 Å². The normalized spacial score (nSPS) is 22.4. The number of nitrogens with two attached hydrogens (primary N) is 1. The highest BCUT2D eigenvalue weighted by molar-refractivity contribution is 5.59. The zero-order valence-corrected chi connectivity index (χ0v) is 9.77. The Kier molecular flexibility index (Phi) is 2.61. The minimum Gasteiger partial charge on any atom is -0.365 e. The monoisotopic (exact) mass is 215 g/mol. The van der Waals surface area contributed by atoms with Gasteiger partial charge in [0.2, 0.25) is 0 Å². The number of anilines is 1. The van der Waals surface area contributed by atoms with Crippen molar-refractivity contribution < 1.29 is 0 Å². The first-order valence-corrected chi connectivity index (χ1v) is 5.58. The summed E-state index contributed by atoms with van der Waals surface area (Å²) < 4.78 is 0. The first-order chi connectivity index (χ1) is 7.53. The molecule has 1 aromatic rings. The number of nitriles is 1. The topological polar surface area (TPSA) is 53.0 Å². The van der Waals surface area contributed by atoms with Crippen molar-refractivity contribution in [3.63, 3.8) is 0 Å². The summed E-state index contributed by atoms with van der Waals surface area (Å²) >= 11 is 0. The molecule has 3 heteroatoms. The molecule has 1 aliphatic rings. The Morgan fingerprint density at radius 2 is 2.25 bits per heavy atom. The fraction of sp³-hybridized carbons (Fsp3) is 0.462. The van der Waals surface area contributed by atoms with Crippen LogP contribution in [0.2, 0.25) is 0 Å². The van der Waals surface area contributed by atoms with Crippen molar-refractivity contribution in [1.29, 1.82) is 5.26 Å². The summed E-state index contributed by atoms with van der Waals surface area (Å²) in [4.78, 5) is 2.23. The van der Waals surface area contributed by atoms with E-state index in [2.05, 4.69) is 36.1 Å². The fourth-order valence-electron chi connectivity index (χ4n) is 2.26. The first-order valence-electron chi connectivity index (χ1n) is 5.58. The average Bonchev–Trinajstić information content (AvgIpc) is 2.56. The smallest absolute Gasteiger partial charge is 0.119 e. The van der Waals surface area contributed by atoms with Crippen LogP contribution in [-0.2, 0) is 6.42 Å². The molecule has 0 amide bonds. The van der Waals surface area contributed by atoms with Crippen LogP contribution in [0.1, 0.15) is 19.4 Å². The van der Waals surface area contributed by atoms with Crippen molar-refractivity contribution >= 4 is 5.69 Å². The number of para-hydroxylation sites is 1. The second-order valence-corrected chi connectivity index (χ2v) is 4.84. The molecule has 1 heterocycles. The van der Waals surface area contributed by atoms with Gasteiger partial charge >= 0.3 is 0 Å². The molecule has 0 radical (unpaired) electrons. The van der Waals surface area contributed by atoms with E-state index >= 15 is 0 Å². The van der Waals surface area contributed by atoms with Gasteiger partial charge in [0.05, 0.1) is 6.07 Å². The summed E-state index contributed by atoms with van der Waals surface area (Å²) in [5.41, 5.74) is 7.70. The Hall–Kier alpha value is -1.53. The maximum Gasteiger partial charge on any atom is 0.119 e. The van der Waals surface area contributed by atoms with Crippen molar-refractivity contribution in [2.24, 2.45) is 5.73 Å². The van der Waals surface area contributed by atoms with Crippen molar-refractivity contribution in [2.75, 3.05) is 11.4 Å². The molecule has 0 bridgehead atoms. The van der Waals surface area contributed by atoms with Gasteiger partial charge in [-0.1, -0.05) is 18.2 Å². The summed E-state index contributed by atoms with van der Waals surface area (Å²) in [6, 6.07) is 10.9. The molecule has 0 fully saturated rings. The Balaban J connectivity index is 2.27. The minimum atomic E-state index is -0.786. The lowest BCUT2D eigenvalue weighted by molar-refractivity contribution is 0.543. The van der Waals surface area contributed by atoms with Crippen LogP contribution in [0.3, 0.4) is 0 Å². The molecule has 0 aliphatic carbocycles. The van der Waals surface area contributed by atoms with E-state index < -0.39 is 5.54 Å². The van der Waals surface area contributed by atoms with E-state index in [0.717, 1.165) is 6.42 Å². The number of fused-ring (bicyclic) bond motifs is 1. The van der Waals surface area contributed by atoms with Crippen LogP contribution < -0.4 is 10.6 Å². The van der Waals surface area contributed by atoms with Gasteiger partial charge in [-0.15, -0.1) is 0 Å². The maximum atomic E-state index is 8.99. The molecule has 1 aliphatic heterocycles. The summed E-state index contributed by atoms with van der Waals surface area (Å²) in [5.74, 6) is 0. The molecule has 0 aromatic heterocycles. The zero-order chi connectivity index (χ0) is 11.8. The Morgan fingerprint density at radius 1 is 1.56 bits per heavy atom. The Labute approximate surface area is 96.5 Å². The number of rotatable bonds is 2. The predicted molar refractivity (Wildman–Crippen MR) is 65.2 cm³/mol. The highest BCUT2D eigenvalue weighted by Crippen LogP contribution is 2.32. The highest BCUT2D eigenvalue weighted by Gasteiger charge is 2.30. The van der Waals surface area contributed by atoms with E-state index in [9.17, 15) is 0 Å². The molecule has 0 saturated carbocycles. The summed E-state index contributed by atoms with van der Waals surface area (Å²) in [6.07, 6.45) is 1.04. The fourth-order valence-corrected chi connectivity index (χ4v) is 2.26. The molecule has 0 saturated heterocycles. The first kappa shape index (κ1) is 11.0. The van der Waals surface area contributed by atoms with Crippen molar-refractivity contribution in [3.05, 3.63) is 29.8 Å². The van der Waals surface area contributed by atoms with E-state index in [-0.39, 0.29) is 0 Å². The van der Waals surface area contributed by atoms with Gasteiger partial charge in [0, 0.05) is 18.3 Å². The Morgan fingerprint density at radius 3 is 2.94 bits per heavy atom. The van der Waals surface area contributed by atoms with Gasteiger partial charge in [-0.05, 0) is 31.9 Å². The lowest BCUT2D eigenvalue weighted by Gasteiger charge is -2.30. The van der Waals surface area contributed by atoms with E-state index in [1.165, 1.54) is 11.3 Å². The van der Waals surface area contributed by atoms with Gasteiger partial charge in [0.15, 0.2) is 0 Å². The number of hydrogen-bond donors (Lipinski definition) is 1.